The number of nitrogens with one attached hydrogen (secondary N) is 1. The molecule has 2 rings (SSSR count). The Morgan fingerprint density at radius 2 is 1.95 bits per heavy atom. The van der Waals surface area contributed by atoms with Crippen LogP contribution in [0, 0.1) is 23.7 Å². The van der Waals surface area contributed by atoms with Crippen LogP contribution in [0.3, 0.4) is 0 Å². The van der Waals surface area contributed by atoms with E-state index < -0.39 is 0 Å². The first kappa shape index (κ1) is 19.7. The molecule has 2 saturated carbocycles. The fourth-order valence-electron chi connectivity index (χ4n) is 3.46. The van der Waals surface area contributed by atoms with Crippen molar-refractivity contribution >= 4 is 18.3 Å². The van der Waals surface area contributed by atoms with Crippen molar-refractivity contribution in [1.29, 1.82) is 0 Å². The number of hydrogen-bond donors (Lipinski definition) is 2. The van der Waals surface area contributed by atoms with Crippen LogP contribution in [0.5, 0.6) is 0 Å². The third-order valence-corrected chi connectivity index (χ3v) is 5.15. The third-order valence-electron chi connectivity index (χ3n) is 5.15. The van der Waals surface area contributed by atoms with Crippen molar-refractivity contribution in [1.82, 2.24) is 5.32 Å². The Kier molecular flexibility index (Phi) is 8.15. The van der Waals surface area contributed by atoms with E-state index in [1.54, 1.807) is 0 Å². The highest BCUT2D eigenvalue weighted by Gasteiger charge is 2.32. The fourth-order valence-corrected chi connectivity index (χ4v) is 3.46. The quantitative estimate of drug-likeness (QED) is 0.753. The normalized spacial score (nSPS) is 29.8. The molecule has 0 spiro atoms. The first-order chi connectivity index (χ1) is 9.97. The number of nitrogens with two attached hydrogens (primary N) is 1. The molecule has 2 aliphatic carbocycles. The van der Waals surface area contributed by atoms with Gasteiger partial charge in [0.05, 0.1) is 6.10 Å². The third kappa shape index (κ3) is 6.05. The molecule has 0 aliphatic heterocycles. The molecule has 4 unspecified atom stereocenters. The van der Waals surface area contributed by atoms with Crippen LogP contribution in [0.15, 0.2) is 0 Å². The van der Waals surface area contributed by atoms with Gasteiger partial charge >= 0.3 is 0 Å². The Bertz CT molecular complexity index is 348. The molecular formula is C17H33ClN2O2. The van der Waals surface area contributed by atoms with Crippen molar-refractivity contribution in [3.8, 4) is 0 Å². The Morgan fingerprint density at radius 3 is 2.55 bits per heavy atom. The smallest absolute Gasteiger partial charge is 0.246 e. The number of ether oxygens (including phenoxy) is 1. The van der Waals surface area contributed by atoms with Gasteiger partial charge in [-0.1, -0.05) is 27.2 Å². The lowest BCUT2D eigenvalue weighted by molar-refractivity contribution is -0.131. The molecule has 0 aromatic heterocycles. The van der Waals surface area contributed by atoms with Gasteiger partial charge in [-0.15, -0.1) is 12.4 Å². The average Bonchev–Trinajstić information content (AvgIpc) is 3.26. The van der Waals surface area contributed by atoms with Gasteiger partial charge in [0.2, 0.25) is 5.91 Å². The van der Waals surface area contributed by atoms with Gasteiger partial charge in [-0.3, -0.25) is 4.79 Å². The fraction of sp³-hybridized carbons (Fsp3) is 0.941. The van der Waals surface area contributed by atoms with Crippen molar-refractivity contribution in [3.63, 3.8) is 0 Å². The molecule has 4 atom stereocenters. The first-order valence-corrected chi connectivity index (χ1v) is 8.61. The van der Waals surface area contributed by atoms with Gasteiger partial charge in [-0.25, -0.2) is 0 Å². The van der Waals surface area contributed by atoms with E-state index in [2.05, 4.69) is 26.1 Å². The highest BCUT2D eigenvalue weighted by Crippen LogP contribution is 2.35. The summed E-state index contributed by atoms with van der Waals surface area (Å²) < 4.78 is 5.94. The molecule has 5 heteroatoms. The standard InChI is InChI=1S/C17H32N2O2.ClH/c1-11(2)14-7-4-12(3)8-16(14)21-10-17(20)19-9-15(18)13-5-6-13;/h11-16H,4-10,18H2,1-3H3,(H,19,20);1H. The maximum atomic E-state index is 11.9. The number of rotatable bonds is 7. The maximum absolute atomic E-state index is 11.9. The lowest BCUT2D eigenvalue weighted by Crippen LogP contribution is -2.42. The van der Waals surface area contributed by atoms with E-state index in [1.165, 1.54) is 25.7 Å². The number of halogens is 1. The van der Waals surface area contributed by atoms with E-state index in [9.17, 15) is 4.79 Å². The second-order valence-corrected chi connectivity index (χ2v) is 7.48. The van der Waals surface area contributed by atoms with Crippen LogP contribution in [0.2, 0.25) is 0 Å². The summed E-state index contributed by atoms with van der Waals surface area (Å²) in [5.41, 5.74) is 5.99. The van der Waals surface area contributed by atoms with Crippen LogP contribution in [0.25, 0.3) is 0 Å². The molecule has 2 aliphatic rings. The van der Waals surface area contributed by atoms with E-state index in [4.69, 9.17) is 10.5 Å². The minimum Gasteiger partial charge on any atom is -0.368 e. The summed E-state index contributed by atoms with van der Waals surface area (Å²) in [4.78, 5) is 11.9. The SMILES string of the molecule is CC1CCC(C(C)C)C(OCC(=O)NCC(N)C2CC2)C1.Cl. The van der Waals surface area contributed by atoms with E-state index >= 15 is 0 Å². The molecule has 2 fully saturated rings. The Hall–Kier alpha value is -0.320. The highest BCUT2D eigenvalue weighted by atomic mass is 35.5. The zero-order valence-electron chi connectivity index (χ0n) is 14.2. The summed E-state index contributed by atoms with van der Waals surface area (Å²) >= 11 is 0. The molecule has 0 radical (unpaired) electrons. The summed E-state index contributed by atoms with van der Waals surface area (Å²) in [7, 11) is 0. The predicted molar refractivity (Wildman–Crippen MR) is 92.0 cm³/mol. The van der Waals surface area contributed by atoms with Gasteiger partial charge in [-0.2, -0.15) is 0 Å². The van der Waals surface area contributed by atoms with Crippen molar-refractivity contribution in [2.75, 3.05) is 13.2 Å². The van der Waals surface area contributed by atoms with Crippen molar-refractivity contribution < 1.29 is 9.53 Å². The van der Waals surface area contributed by atoms with Gasteiger partial charge in [-0.05, 0) is 49.4 Å². The van der Waals surface area contributed by atoms with Crippen LogP contribution in [0.1, 0.15) is 52.9 Å². The first-order valence-electron chi connectivity index (χ1n) is 8.61. The van der Waals surface area contributed by atoms with Crippen LogP contribution < -0.4 is 11.1 Å². The van der Waals surface area contributed by atoms with Crippen LogP contribution in [-0.2, 0) is 9.53 Å². The lowest BCUT2D eigenvalue weighted by Gasteiger charge is -2.37. The maximum Gasteiger partial charge on any atom is 0.246 e. The largest absolute Gasteiger partial charge is 0.368 e. The van der Waals surface area contributed by atoms with Crippen molar-refractivity contribution in [2.24, 2.45) is 29.4 Å². The Morgan fingerprint density at radius 1 is 1.27 bits per heavy atom. The topological polar surface area (TPSA) is 64.3 Å². The molecule has 22 heavy (non-hydrogen) atoms. The number of carbonyl (C=O) groups is 1. The van der Waals surface area contributed by atoms with E-state index in [1.807, 2.05) is 0 Å². The number of amides is 1. The van der Waals surface area contributed by atoms with Gasteiger partial charge in [0.1, 0.15) is 6.61 Å². The molecule has 0 heterocycles. The van der Waals surface area contributed by atoms with Gasteiger partial charge in [0, 0.05) is 12.6 Å². The summed E-state index contributed by atoms with van der Waals surface area (Å²) in [6.07, 6.45) is 6.24. The second-order valence-electron chi connectivity index (χ2n) is 7.48. The zero-order chi connectivity index (χ0) is 15.4. The van der Waals surface area contributed by atoms with Gasteiger partial charge in [0.15, 0.2) is 0 Å². The lowest BCUT2D eigenvalue weighted by atomic mass is 9.75. The zero-order valence-corrected chi connectivity index (χ0v) is 15.0. The summed E-state index contributed by atoms with van der Waals surface area (Å²) in [5, 5.41) is 2.91. The Balaban J connectivity index is 0.00000242. The van der Waals surface area contributed by atoms with Crippen LogP contribution >= 0.6 is 12.4 Å². The number of hydrogen-bond acceptors (Lipinski definition) is 3. The molecule has 130 valence electrons. The molecule has 1 amide bonds. The van der Waals surface area contributed by atoms with Crippen LogP contribution in [0.4, 0.5) is 0 Å². The van der Waals surface area contributed by atoms with E-state index in [-0.39, 0.29) is 37.1 Å². The molecule has 0 aromatic carbocycles. The summed E-state index contributed by atoms with van der Waals surface area (Å²) in [6, 6.07) is 0.118. The second kappa shape index (κ2) is 9.09. The summed E-state index contributed by atoms with van der Waals surface area (Å²) in [5.74, 6) is 2.51. The average molecular weight is 333 g/mol. The van der Waals surface area contributed by atoms with Crippen LogP contribution in [-0.4, -0.2) is 31.2 Å². The van der Waals surface area contributed by atoms with Crippen molar-refractivity contribution in [3.05, 3.63) is 0 Å². The minimum atomic E-state index is -0.0215. The molecule has 3 N–H and O–H groups in total. The Labute approximate surface area is 141 Å². The highest BCUT2D eigenvalue weighted by molar-refractivity contribution is 5.85. The van der Waals surface area contributed by atoms with Gasteiger partial charge in [0.25, 0.3) is 0 Å². The molecule has 0 saturated heterocycles. The monoisotopic (exact) mass is 332 g/mol. The predicted octanol–water partition coefficient (Wildman–Crippen LogP) is 2.74. The molecule has 4 nitrogen and oxygen atoms in total. The number of carbonyl (C=O) groups excluding carboxylic acids is 1. The van der Waals surface area contributed by atoms with Crippen molar-refractivity contribution in [2.45, 2.75) is 65.0 Å². The molecular weight excluding hydrogens is 300 g/mol. The molecule has 0 bridgehead atoms. The molecule has 0 aromatic rings. The van der Waals surface area contributed by atoms with Gasteiger partial charge < -0.3 is 15.8 Å². The van der Waals surface area contributed by atoms with E-state index in [0.29, 0.717) is 30.2 Å². The summed E-state index contributed by atoms with van der Waals surface area (Å²) in [6.45, 7) is 7.55. The minimum absolute atomic E-state index is 0. The van der Waals surface area contributed by atoms with E-state index in [0.717, 1.165) is 6.42 Å².